The Balaban J connectivity index is 3.43. The number of ether oxygens (including phenoxy) is 2. The number of nitrogens with two attached hydrogens (primary N) is 1. The highest BCUT2D eigenvalue weighted by Gasteiger charge is 2.19. The van der Waals surface area contributed by atoms with Gasteiger partial charge in [0.05, 0.1) is 19.4 Å². The van der Waals surface area contributed by atoms with Crippen LogP contribution in [-0.2, 0) is 0 Å². The number of carboxylic acid groups (broad SMARTS) is 1. The van der Waals surface area contributed by atoms with Crippen molar-refractivity contribution in [2.24, 2.45) is 0 Å². The van der Waals surface area contributed by atoms with Crippen molar-refractivity contribution >= 4 is 11.7 Å². The van der Waals surface area contributed by atoms with Crippen LogP contribution in [0.1, 0.15) is 22.8 Å². The second kappa shape index (κ2) is 4.74. The van der Waals surface area contributed by atoms with Gasteiger partial charge in [-0.1, -0.05) is 0 Å². The average molecular weight is 225 g/mol. The Morgan fingerprint density at radius 2 is 2.19 bits per heavy atom. The predicted octanol–water partition coefficient (Wildman–Crippen LogP) is 1.68. The molecule has 0 radical (unpaired) electrons. The van der Waals surface area contributed by atoms with Crippen molar-refractivity contribution in [2.45, 2.75) is 13.8 Å². The number of nitrogen functional groups attached to an aromatic ring is 1. The highest BCUT2D eigenvalue weighted by Crippen LogP contribution is 2.36. The maximum absolute atomic E-state index is 11.0. The third kappa shape index (κ3) is 2.03. The summed E-state index contributed by atoms with van der Waals surface area (Å²) in [5.74, 6) is -0.448. The van der Waals surface area contributed by atoms with E-state index in [2.05, 4.69) is 0 Å². The van der Waals surface area contributed by atoms with Gasteiger partial charge in [0.25, 0.3) is 0 Å². The van der Waals surface area contributed by atoms with Crippen molar-refractivity contribution in [1.29, 1.82) is 0 Å². The van der Waals surface area contributed by atoms with E-state index in [1.54, 1.807) is 6.92 Å². The van der Waals surface area contributed by atoms with E-state index in [9.17, 15) is 4.79 Å². The van der Waals surface area contributed by atoms with E-state index in [0.717, 1.165) is 0 Å². The summed E-state index contributed by atoms with van der Waals surface area (Å²) >= 11 is 0. The van der Waals surface area contributed by atoms with Crippen molar-refractivity contribution in [3.8, 4) is 11.5 Å². The minimum absolute atomic E-state index is 0.00838. The Morgan fingerprint density at radius 1 is 1.56 bits per heavy atom. The van der Waals surface area contributed by atoms with Gasteiger partial charge in [-0.3, -0.25) is 0 Å². The molecular formula is C11H15NO4. The summed E-state index contributed by atoms with van der Waals surface area (Å²) in [5.41, 5.74) is 6.78. The minimum atomic E-state index is -1.09. The van der Waals surface area contributed by atoms with Crippen LogP contribution in [0.3, 0.4) is 0 Å². The Kier molecular flexibility index (Phi) is 3.60. The lowest BCUT2D eigenvalue weighted by Crippen LogP contribution is -2.07. The van der Waals surface area contributed by atoms with Crippen molar-refractivity contribution in [1.82, 2.24) is 0 Å². The minimum Gasteiger partial charge on any atom is -0.494 e. The summed E-state index contributed by atoms with van der Waals surface area (Å²) < 4.78 is 10.3. The van der Waals surface area contributed by atoms with Crippen molar-refractivity contribution in [2.75, 3.05) is 19.5 Å². The third-order valence-electron chi connectivity index (χ3n) is 2.27. The molecule has 0 aliphatic rings. The Labute approximate surface area is 93.8 Å². The van der Waals surface area contributed by atoms with Gasteiger partial charge >= 0.3 is 5.97 Å². The predicted molar refractivity (Wildman–Crippen MR) is 60.3 cm³/mol. The normalized spacial score (nSPS) is 9.94. The van der Waals surface area contributed by atoms with Crippen molar-refractivity contribution < 1.29 is 19.4 Å². The second-order valence-corrected chi connectivity index (χ2v) is 3.23. The molecule has 1 aromatic carbocycles. The molecule has 88 valence electrons. The Hall–Kier alpha value is -1.91. The summed E-state index contributed by atoms with van der Waals surface area (Å²) in [6.07, 6.45) is 0. The summed E-state index contributed by atoms with van der Waals surface area (Å²) in [7, 11) is 1.39. The molecule has 3 N–H and O–H groups in total. The average Bonchev–Trinajstić information content (AvgIpc) is 2.24. The first-order chi connectivity index (χ1) is 7.52. The zero-order valence-electron chi connectivity index (χ0n) is 9.53. The lowest BCUT2D eigenvalue weighted by molar-refractivity contribution is 0.0693. The van der Waals surface area contributed by atoms with Crippen LogP contribution in [0.4, 0.5) is 5.69 Å². The fourth-order valence-corrected chi connectivity index (χ4v) is 1.44. The molecule has 1 aromatic rings. The van der Waals surface area contributed by atoms with Gasteiger partial charge in [-0.05, 0) is 19.9 Å². The van der Waals surface area contributed by atoms with E-state index in [1.165, 1.54) is 13.2 Å². The highest BCUT2D eigenvalue weighted by atomic mass is 16.5. The number of aromatic carboxylic acids is 1. The molecule has 0 heterocycles. The van der Waals surface area contributed by atoms with Gasteiger partial charge in [0.1, 0.15) is 11.3 Å². The van der Waals surface area contributed by atoms with Crippen LogP contribution in [0, 0.1) is 6.92 Å². The van der Waals surface area contributed by atoms with Gasteiger partial charge in [0, 0.05) is 5.56 Å². The van der Waals surface area contributed by atoms with Crippen LogP contribution in [-0.4, -0.2) is 24.8 Å². The molecule has 0 amide bonds. The largest absolute Gasteiger partial charge is 0.494 e. The number of benzene rings is 1. The van der Waals surface area contributed by atoms with E-state index in [0.29, 0.717) is 23.6 Å². The second-order valence-electron chi connectivity index (χ2n) is 3.23. The number of anilines is 1. The molecule has 0 saturated carbocycles. The van der Waals surface area contributed by atoms with Gasteiger partial charge in [-0.2, -0.15) is 0 Å². The van der Waals surface area contributed by atoms with Gasteiger partial charge in [0.2, 0.25) is 0 Å². The van der Waals surface area contributed by atoms with Gasteiger partial charge in [-0.25, -0.2) is 4.79 Å². The first-order valence-corrected chi connectivity index (χ1v) is 4.86. The van der Waals surface area contributed by atoms with Gasteiger partial charge in [-0.15, -0.1) is 0 Å². The molecule has 0 fully saturated rings. The molecule has 0 atom stereocenters. The molecule has 5 heteroatoms. The number of methoxy groups -OCH3 is 1. The molecule has 0 aliphatic heterocycles. The summed E-state index contributed by atoms with van der Waals surface area (Å²) in [6.45, 7) is 4.03. The summed E-state index contributed by atoms with van der Waals surface area (Å²) in [5, 5.41) is 9.01. The summed E-state index contributed by atoms with van der Waals surface area (Å²) in [6, 6.07) is 1.43. The van der Waals surface area contributed by atoms with Crippen molar-refractivity contribution in [3.05, 3.63) is 17.2 Å². The van der Waals surface area contributed by atoms with E-state index >= 15 is 0 Å². The zero-order chi connectivity index (χ0) is 12.3. The van der Waals surface area contributed by atoms with Crippen LogP contribution >= 0.6 is 0 Å². The molecule has 0 aliphatic carbocycles. The van der Waals surface area contributed by atoms with E-state index in [1.807, 2.05) is 6.92 Å². The molecular weight excluding hydrogens is 210 g/mol. The first kappa shape index (κ1) is 12.2. The van der Waals surface area contributed by atoms with Crippen LogP contribution in [0.15, 0.2) is 6.07 Å². The molecule has 5 nitrogen and oxygen atoms in total. The lowest BCUT2D eigenvalue weighted by atomic mass is 10.1. The van der Waals surface area contributed by atoms with Crippen LogP contribution in [0.2, 0.25) is 0 Å². The Morgan fingerprint density at radius 3 is 2.62 bits per heavy atom. The molecule has 0 spiro atoms. The molecule has 1 rings (SSSR count). The van der Waals surface area contributed by atoms with Crippen molar-refractivity contribution in [3.63, 3.8) is 0 Å². The van der Waals surface area contributed by atoms with E-state index in [4.69, 9.17) is 20.3 Å². The zero-order valence-corrected chi connectivity index (χ0v) is 9.53. The maximum atomic E-state index is 11.0. The fraction of sp³-hybridized carbons (Fsp3) is 0.364. The Bertz CT molecular complexity index is 415. The SMILES string of the molecule is CCOc1cc(C(=O)O)c(OC)c(N)c1C. The maximum Gasteiger partial charge on any atom is 0.339 e. The van der Waals surface area contributed by atoms with E-state index in [-0.39, 0.29) is 11.3 Å². The topological polar surface area (TPSA) is 81.8 Å². The van der Waals surface area contributed by atoms with Crippen LogP contribution < -0.4 is 15.2 Å². The number of carboxylic acids is 1. The number of hydrogen-bond acceptors (Lipinski definition) is 4. The van der Waals surface area contributed by atoms with E-state index < -0.39 is 5.97 Å². The standard InChI is InChI=1S/C11H15NO4/c1-4-16-8-5-7(11(13)14)10(15-3)9(12)6(8)2/h5H,4,12H2,1-3H3,(H,13,14). The number of rotatable bonds is 4. The van der Waals surface area contributed by atoms with Gasteiger partial charge < -0.3 is 20.3 Å². The molecule has 0 saturated heterocycles. The van der Waals surface area contributed by atoms with Crippen LogP contribution in [0.5, 0.6) is 11.5 Å². The molecule has 0 aromatic heterocycles. The molecule has 16 heavy (non-hydrogen) atoms. The highest BCUT2D eigenvalue weighted by molar-refractivity contribution is 5.94. The first-order valence-electron chi connectivity index (χ1n) is 4.86. The smallest absolute Gasteiger partial charge is 0.339 e. The fourth-order valence-electron chi connectivity index (χ4n) is 1.44. The summed E-state index contributed by atoms with van der Waals surface area (Å²) in [4.78, 5) is 11.0. The quantitative estimate of drug-likeness (QED) is 0.762. The molecule has 0 bridgehead atoms. The van der Waals surface area contributed by atoms with Gasteiger partial charge in [0.15, 0.2) is 5.75 Å². The van der Waals surface area contributed by atoms with Crippen LogP contribution in [0.25, 0.3) is 0 Å². The number of carbonyl (C=O) groups is 1. The third-order valence-corrected chi connectivity index (χ3v) is 2.27. The molecule has 0 unspecified atom stereocenters. The lowest BCUT2D eigenvalue weighted by Gasteiger charge is -2.15. The number of hydrogen-bond donors (Lipinski definition) is 2. The monoisotopic (exact) mass is 225 g/mol.